The molecule has 0 radical (unpaired) electrons. The van der Waals surface area contributed by atoms with Crippen LogP contribution in [0.4, 0.5) is 4.79 Å². The molecule has 0 saturated carbocycles. The number of urea groups is 1. The zero-order chi connectivity index (χ0) is 14.1. The lowest BCUT2D eigenvalue weighted by atomic mass is 10.0. The topological polar surface area (TPSA) is 61.4 Å². The summed E-state index contributed by atoms with van der Waals surface area (Å²) < 4.78 is 0. The lowest BCUT2D eigenvalue weighted by Gasteiger charge is -2.19. The number of carbonyl (C=O) groups is 1. The molecule has 1 atom stereocenters. The average Bonchev–Trinajstić information content (AvgIpc) is 2.39. The summed E-state index contributed by atoms with van der Waals surface area (Å²) in [7, 11) is 0. The molecule has 19 heavy (non-hydrogen) atoms. The van der Waals surface area contributed by atoms with Crippen LogP contribution in [0.1, 0.15) is 38.3 Å². The molecule has 0 aliphatic heterocycles. The molecule has 0 heterocycles. The zero-order valence-corrected chi connectivity index (χ0v) is 11.7. The van der Waals surface area contributed by atoms with Crippen LogP contribution in [-0.4, -0.2) is 24.3 Å². The van der Waals surface area contributed by atoms with Crippen molar-refractivity contribution in [3.63, 3.8) is 0 Å². The van der Waals surface area contributed by atoms with Crippen LogP contribution in [0.15, 0.2) is 30.3 Å². The smallest absolute Gasteiger partial charge is 0.315 e. The van der Waals surface area contributed by atoms with Crippen molar-refractivity contribution in [1.82, 2.24) is 10.6 Å². The summed E-state index contributed by atoms with van der Waals surface area (Å²) >= 11 is 0. The molecule has 1 aromatic carbocycles. The Morgan fingerprint density at radius 1 is 1.21 bits per heavy atom. The van der Waals surface area contributed by atoms with Gasteiger partial charge in [0.05, 0.1) is 6.04 Å². The Bertz CT molecular complexity index is 366. The summed E-state index contributed by atoms with van der Waals surface area (Å²) in [5, 5.41) is 14.8. The quantitative estimate of drug-likeness (QED) is 0.708. The molecule has 0 unspecified atom stereocenters. The van der Waals surface area contributed by atoms with Crippen LogP contribution in [0.3, 0.4) is 0 Å². The summed E-state index contributed by atoms with van der Waals surface area (Å²) in [6, 6.07) is 9.37. The van der Waals surface area contributed by atoms with Crippen molar-refractivity contribution in [2.45, 2.75) is 32.7 Å². The Morgan fingerprint density at radius 2 is 1.89 bits per heavy atom. The molecule has 2 amide bonds. The van der Waals surface area contributed by atoms with Crippen LogP contribution < -0.4 is 10.6 Å². The largest absolute Gasteiger partial charge is 0.396 e. The third-order valence-electron chi connectivity index (χ3n) is 2.93. The molecule has 0 fully saturated rings. The molecular formula is C15H24N2O2. The molecule has 0 bridgehead atoms. The van der Waals surface area contributed by atoms with Gasteiger partial charge in [-0.1, -0.05) is 44.2 Å². The van der Waals surface area contributed by atoms with Gasteiger partial charge in [-0.3, -0.25) is 0 Å². The fourth-order valence-corrected chi connectivity index (χ4v) is 1.82. The van der Waals surface area contributed by atoms with E-state index < -0.39 is 0 Å². The van der Waals surface area contributed by atoms with Crippen LogP contribution in [0, 0.1) is 5.92 Å². The minimum absolute atomic E-state index is 0.0475. The summed E-state index contributed by atoms with van der Waals surface area (Å²) in [5.41, 5.74) is 1.01. The van der Waals surface area contributed by atoms with Crippen LogP contribution in [-0.2, 0) is 0 Å². The molecule has 1 rings (SSSR count). The second kappa shape index (κ2) is 8.53. The van der Waals surface area contributed by atoms with Crippen molar-refractivity contribution in [2.24, 2.45) is 5.92 Å². The molecule has 4 heteroatoms. The predicted octanol–water partition coefficient (Wildman–Crippen LogP) is 2.46. The lowest BCUT2D eigenvalue weighted by molar-refractivity contribution is 0.228. The lowest BCUT2D eigenvalue weighted by Crippen LogP contribution is -2.39. The number of aliphatic hydroxyl groups is 1. The Hall–Kier alpha value is -1.55. The van der Waals surface area contributed by atoms with Crippen molar-refractivity contribution in [3.8, 4) is 0 Å². The van der Waals surface area contributed by atoms with E-state index in [-0.39, 0.29) is 18.7 Å². The third kappa shape index (κ3) is 6.25. The number of benzene rings is 1. The Balaban J connectivity index is 2.47. The van der Waals surface area contributed by atoms with Gasteiger partial charge >= 0.3 is 6.03 Å². The minimum atomic E-state index is -0.178. The van der Waals surface area contributed by atoms with E-state index in [2.05, 4.69) is 24.5 Å². The second-order valence-corrected chi connectivity index (χ2v) is 5.06. The first-order valence-electron chi connectivity index (χ1n) is 6.83. The highest BCUT2D eigenvalue weighted by Gasteiger charge is 2.13. The van der Waals surface area contributed by atoms with Crippen LogP contribution in [0.5, 0.6) is 0 Å². The fourth-order valence-electron chi connectivity index (χ4n) is 1.82. The maximum atomic E-state index is 11.8. The molecule has 4 nitrogen and oxygen atoms in total. The van der Waals surface area contributed by atoms with Gasteiger partial charge < -0.3 is 15.7 Å². The normalized spacial score (nSPS) is 12.2. The van der Waals surface area contributed by atoms with Gasteiger partial charge in [0.25, 0.3) is 0 Å². The fraction of sp³-hybridized carbons (Fsp3) is 0.533. The van der Waals surface area contributed by atoms with Gasteiger partial charge in [-0.05, 0) is 24.3 Å². The summed E-state index contributed by atoms with van der Waals surface area (Å²) in [4.78, 5) is 11.8. The first-order valence-corrected chi connectivity index (χ1v) is 6.83. The number of aliphatic hydroxyl groups excluding tert-OH is 1. The number of carbonyl (C=O) groups excluding carboxylic acids is 1. The number of nitrogens with one attached hydrogen (secondary N) is 2. The summed E-state index contributed by atoms with van der Waals surface area (Å²) in [6.45, 7) is 4.96. The summed E-state index contributed by atoms with van der Waals surface area (Å²) in [5.74, 6) is 0.572. The number of rotatable bonds is 7. The van der Waals surface area contributed by atoms with Crippen molar-refractivity contribution in [2.75, 3.05) is 13.2 Å². The van der Waals surface area contributed by atoms with Crippen molar-refractivity contribution in [1.29, 1.82) is 0 Å². The maximum Gasteiger partial charge on any atom is 0.315 e. The van der Waals surface area contributed by atoms with E-state index in [0.717, 1.165) is 12.0 Å². The molecule has 0 spiro atoms. The Kier molecular flexibility index (Phi) is 6.97. The predicted molar refractivity (Wildman–Crippen MR) is 76.9 cm³/mol. The highest BCUT2D eigenvalue weighted by Crippen LogP contribution is 2.15. The molecule has 0 aromatic heterocycles. The average molecular weight is 264 g/mol. The van der Waals surface area contributed by atoms with E-state index in [9.17, 15) is 4.79 Å². The first kappa shape index (κ1) is 15.5. The molecule has 3 N–H and O–H groups in total. The van der Waals surface area contributed by atoms with E-state index in [0.29, 0.717) is 18.9 Å². The van der Waals surface area contributed by atoms with Crippen LogP contribution in [0.25, 0.3) is 0 Å². The maximum absolute atomic E-state index is 11.8. The van der Waals surface area contributed by atoms with E-state index in [1.54, 1.807) is 0 Å². The van der Waals surface area contributed by atoms with Crippen LogP contribution in [0.2, 0.25) is 0 Å². The first-order chi connectivity index (χ1) is 9.13. The van der Waals surface area contributed by atoms with E-state index in [1.165, 1.54) is 0 Å². The van der Waals surface area contributed by atoms with Gasteiger partial charge in [-0.2, -0.15) is 0 Å². The minimum Gasteiger partial charge on any atom is -0.396 e. The van der Waals surface area contributed by atoms with Gasteiger partial charge in [-0.15, -0.1) is 0 Å². The third-order valence-corrected chi connectivity index (χ3v) is 2.93. The van der Waals surface area contributed by atoms with Gasteiger partial charge in [-0.25, -0.2) is 4.79 Å². The number of hydrogen-bond donors (Lipinski definition) is 3. The van der Waals surface area contributed by atoms with Gasteiger partial charge in [0.1, 0.15) is 0 Å². The molecule has 0 aliphatic carbocycles. The number of hydrogen-bond acceptors (Lipinski definition) is 2. The van der Waals surface area contributed by atoms with E-state index in [4.69, 9.17) is 5.11 Å². The van der Waals surface area contributed by atoms with Crippen molar-refractivity contribution in [3.05, 3.63) is 35.9 Å². The van der Waals surface area contributed by atoms with Crippen LogP contribution >= 0.6 is 0 Å². The second-order valence-electron chi connectivity index (χ2n) is 5.06. The Labute approximate surface area is 115 Å². The van der Waals surface area contributed by atoms with Crippen molar-refractivity contribution < 1.29 is 9.90 Å². The SMILES string of the molecule is CC(C)CCNC(=O)N[C@H](CCO)c1ccccc1. The highest BCUT2D eigenvalue weighted by molar-refractivity contribution is 5.74. The van der Waals surface area contributed by atoms with Gasteiger partial charge in [0.2, 0.25) is 0 Å². The molecule has 0 saturated heterocycles. The molecule has 0 aliphatic rings. The summed E-state index contributed by atoms with van der Waals surface area (Å²) in [6.07, 6.45) is 1.48. The van der Waals surface area contributed by atoms with Gasteiger partial charge in [0.15, 0.2) is 0 Å². The number of amides is 2. The highest BCUT2D eigenvalue weighted by atomic mass is 16.3. The monoisotopic (exact) mass is 264 g/mol. The van der Waals surface area contributed by atoms with E-state index >= 15 is 0 Å². The van der Waals surface area contributed by atoms with Crippen molar-refractivity contribution >= 4 is 6.03 Å². The zero-order valence-electron chi connectivity index (χ0n) is 11.7. The Morgan fingerprint density at radius 3 is 2.47 bits per heavy atom. The molecule has 106 valence electrons. The molecular weight excluding hydrogens is 240 g/mol. The van der Waals surface area contributed by atoms with E-state index in [1.807, 2.05) is 30.3 Å². The van der Waals surface area contributed by atoms with Gasteiger partial charge in [0, 0.05) is 13.2 Å². The molecule has 1 aromatic rings. The standard InChI is InChI=1S/C15H24N2O2/c1-12(2)8-10-16-15(19)17-14(9-11-18)13-6-4-3-5-7-13/h3-7,12,14,18H,8-11H2,1-2H3,(H2,16,17,19)/t14-/m1/s1.